The highest BCUT2D eigenvalue weighted by atomic mass is 19.2. The number of hydrogen-bond donors (Lipinski definition) is 0. The van der Waals surface area contributed by atoms with E-state index in [-0.39, 0.29) is 11.1 Å². The van der Waals surface area contributed by atoms with E-state index in [0.29, 0.717) is 17.5 Å². The number of rotatable bonds is 1. The van der Waals surface area contributed by atoms with Crippen LogP contribution in [0.2, 0.25) is 0 Å². The molecule has 0 fully saturated rings. The van der Waals surface area contributed by atoms with E-state index in [4.69, 9.17) is 0 Å². The largest absolute Gasteiger partial charge is 0.206 e. The van der Waals surface area contributed by atoms with Gasteiger partial charge in [0.15, 0.2) is 17.5 Å². The van der Waals surface area contributed by atoms with Crippen LogP contribution in [0.15, 0.2) is 36.4 Å². The molecule has 1 aliphatic rings. The quantitative estimate of drug-likeness (QED) is 0.491. The van der Waals surface area contributed by atoms with Gasteiger partial charge in [-0.3, -0.25) is 0 Å². The molecule has 1 aliphatic carbocycles. The molecule has 0 bridgehead atoms. The van der Waals surface area contributed by atoms with Gasteiger partial charge in [-0.1, -0.05) is 36.4 Å². The lowest BCUT2D eigenvalue weighted by Gasteiger charge is -2.10. The van der Waals surface area contributed by atoms with Gasteiger partial charge in [0.1, 0.15) is 5.82 Å². The van der Waals surface area contributed by atoms with Crippen molar-refractivity contribution in [1.29, 1.82) is 0 Å². The van der Waals surface area contributed by atoms with Gasteiger partial charge in [0.25, 0.3) is 0 Å². The van der Waals surface area contributed by atoms with Crippen molar-refractivity contribution >= 4 is 12.2 Å². The number of halogens is 4. The minimum Gasteiger partial charge on any atom is -0.206 e. The number of benzene rings is 2. The van der Waals surface area contributed by atoms with Crippen LogP contribution < -0.4 is 0 Å². The van der Waals surface area contributed by atoms with Crippen molar-refractivity contribution in [2.75, 3.05) is 0 Å². The number of allylic oxidation sites excluding steroid dienone is 2. The van der Waals surface area contributed by atoms with Crippen LogP contribution in [-0.2, 0) is 0 Å². The summed E-state index contributed by atoms with van der Waals surface area (Å²) in [6.45, 7) is 0. The molecule has 2 aromatic carbocycles. The van der Waals surface area contributed by atoms with Gasteiger partial charge in [0.2, 0.25) is 0 Å². The summed E-state index contributed by atoms with van der Waals surface area (Å²) in [5.41, 5.74) is 1.04. The second-order valence-corrected chi connectivity index (χ2v) is 4.72. The highest BCUT2D eigenvalue weighted by molar-refractivity contribution is 5.75. The topological polar surface area (TPSA) is 0 Å². The molecular weight excluding hydrogens is 280 g/mol. The summed E-state index contributed by atoms with van der Waals surface area (Å²) in [7, 11) is 0. The first-order valence-electron chi connectivity index (χ1n) is 6.38. The van der Waals surface area contributed by atoms with E-state index in [1.54, 1.807) is 24.3 Å². The first kappa shape index (κ1) is 13.6. The molecule has 0 spiro atoms. The van der Waals surface area contributed by atoms with Crippen LogP contribution in [0.4, 0.5) is 17.6 Å². The molecule has 0 radical (unpaired) electrons. The molecular formula is C17H10F4. The zero-order valence-electron chi connectivity index (χ0n) is 10.8. The summed E-state index contributed by atoms with van der Waals surface area (Å²) in [5.74, 6) is -4.82. The highest BCUT2D eigenvalue weighted by Gasteiger charge is 2.16. The summed E-state index contributed by atoms with van der Waals surface area (Å²) in [6.07, 6.45) is 7.78. The van der Waals surface area contributed by atoms with Gasteiger partial charge in [0.05, 0.1) is 0 Å². The monoisotopic (exact) mass is 290 g/mol. The van der Waals surface area contributed by atoms with Gasteiger partial charge in [0, 0.05) is 11.1 Å². The van der Waals surface area contributed by atoms with E-state index in [9.17, 15) is 17.6 Å². The Kier molecular flexibility index (Phi) is 3.37. The highest BCUT2D eigenvalue weighted by Crippen LogP contribution is 2.31. The van der Waals surface area contributed by atoms with Crippen molar-refractivity contribution in [2.24, 2.45) is 0 Å². The molecule has 0 saturated carbocycles. The maximum atomic E-state index is 14.6. The van der Waals surface area contributed by atoms with Crippen molar-refractivity contribution < 1.29 is 17.6 Å². The Morgan fingerprint density at radius 1 is 0.762 bits per heavy atom. The fraction of sp³-hybridized carbons (Fsp3) is 0.0588. The van der Waals surface area contributed by atoms with Crippen LogP contribution in [0, 0.1) is 23.3 Å². The fourth-order valence-corrected chi connectivity index (χ4v) is 2.32. The minimum atomic E-state index is -1.56. The van der Waals surface area contributed by atoms with Gasteiger partial charge in [-0.2, -0.15) is 0 Å². The minimum absolute atomic E-state index is 0.0338. The zero-order chi connectivity index (χ0) is 15.0. The third-order valence-corrected chi connectivity index (χ3v) is 3.36. The van der Waals surface area contributed by atoms with E-state index < -0.39 is 23.3 Å². The standard InChI is InChI=1S/C17H10F4/c18-14-8-11(9-15(19)17(14)21)13-7-6-10-4-2-1-3-5-12(10)16(13)20/h2-9H,1H2. The van der Waals surface area contributed by atoms with Crippen LogP contribution in [0.1, 0.15) is 17.5 Å². The summed E-state index contributed by atoms with van der Waals surface area (Å²) in [4.78, 5) is 0. The molecule has 0 N–H and O–H groups in total. The molecule has 0 nitrogen and oxygen atoms in total. The molecule has 0 saturated heterocycles. The molecule has 0 amide bonds. The molecule has 4 heteroatoms. The molecule has 0 unspecified atom stereocenters. The molecule has 0 aromatic heterocycles. The lowest BCUT2D eigenvalue weighted by atomic mass is 9.97. The summed E-state index contributed by atoms with van der Waals surface area (Å²) in [6, 6.07) is 4.68. The van der Waals surface area contributed by atoms with Crippen molar-refractivity contribution in [3.8, 4) is 11.1 Å². The average molecular weight is 290 g/mol. The van der Waals surface area contributed by atoms with Gasteiger partial charge < -0.3 is 0 Å². The molecule has 2 aromatic rings. The van der Waals surface area contributed by atoms with E-state index in [2.05, 4.69) is 0 Å². The molecule has 0 atom stereocenters. The van der Waals surface area contributed by atoms with E-state index >= 15 is 0 Å². The van der Waals surface area contributed by atoms with Crippen LogP contribution in [0.3, 0.4) is 0 Å². The SMILES string of the molecule is Fc1cc(-c2ccc3c(c2F)C=CCC=C3)cc(F)c1F. The van der Waals surface area contributed by atoms with Gasteiger partial charge in [-0.15, -0.1) is 0 Å². The molecule has 3 rings (SSSR count). The predicted molar refractivity (Wildman–Crippen MR) is 74.4 cm³/mol. The van der Waals surface area contributed by atoms with Gasteiger partial charge in [-0.05, 0) is 29.7 Å². The maximum Gasteiger partial charge on any atom is 0.194 e. The Hall–Kier alpha value is -2.36. The Labute approximate surface area is 119 Å². The van der Waals surface area contributed by atoms with Gasteiger partial charge in [-0.25, -0.2) is 17.6 Å². The molecule has 0 aliphatic heterocycles. The summed E-state index contributed by atoms with van der Waals surface area (Å²) < 4.78 is 54.1. The maximum absolute atomic E-state index is 14.6. The number of fused-ring (bicyclic) bond motifs is 1. The summed E-state index contributed by atoms with van der Waals surface area (Å²) in [5, 5.41) is 0. The van der Waals surface area contributed by atoms with Crippen LogP contribution in [0.5, 0.6) is 0 Å². The predicted octanol–water partition coefficient (Wildman–Crippen LogP) is 5.34. The molecule has 21 heavy (non-hydrogen) atoms. The summed E-state index contributed by atoms with van der Waals surface area (Å²) >= 11 is 0. The Bertz CT molecular complexity index is 750. The van der Waals surface area contributed by atoms with Crippen molar-refractivity contribution in [3.05, 3.63) is 70.8 Å². The number of hydrogen-bond acceptors (Lipinski definition) is 0. The second-order valence-electron chi connectivity index (χ2n) is 4.72. The van der Waals surface area contributed by atoms with Crippen LogP contribution in [-0.4, -0.2) is 0 Å². The fourth-order valence-electron chi connectivity index (χ4n) is 2.32. The Morgan fingerprint density at radius 3 is 2.14 bits per heavy atom. The lowest BCUT2D eigenvalue weighted by molar-refractivity contribution is 0.447. The smallest absolute Gasteiger partial charge is 0.194 e. The molecule has 0 heterocycles. The van der Waals surface area contributed by atoms with Crippen LogP contribution >= 0.6 is 0 Å². The van der Waals surface area contributed by atoms with E-state index in [1.165, 1.54) is 6.07 Å². The third kappa shape index (κ3) is 2.37. The van der Waals surface area contributed by atoms with E-state index in [1.807, 2.05) is 6.08 Å². The Morgan fingerprint density at radius 2 is 1.43 bits per heavy atom. The van der Waals surface area contributed by atoms with Crippen molar-refractivity contribution in [1.82, 2.24) is 0 Å². The Balaban J connectivity index is 2.21. The first-order valence-corrected chi connectivity index (χ1v) is 6.38. The van der Waals surface area contributed by atoms with Gasteiger partial charge >= 0.3 is 0 Å². The van der Waals surface area contributed by atoms with Crippen molar-refractivity contribution in [2.45, 2.75) is 6.42 Å². The third-order valence-electron chi connectivity index (χ3n) is 3.36. The normalized spacial score (nSPS) is 13.1. The second kappa shape index (κ2) is 5.20. The lowest BCUT2D eigenvalue weighted by Crippen LogP contribution is -1.96. The van der Waals surface area contributed by atoms with Crippen molar-refractivity contribution in [3.63, 3.8) is 0 Å². The average Bonchev–Trinajstić information content (AvgIpc) is 2.70. The first-order chi connectivity index (χ1) is 10.1. The van der Waals surface area contributed by atoms with E-state index in [0.717, 1.165) is 12.1 Å². The molecule has 106 valence electrons. The zero-order valence-corrected chi connectivity index (χ0v) is 10.8. The van der Waals surface area contributed by atoms with Crippen LogP contribution in [0.25, 0.3) is 23.3 Å².